The summed E-state index contributed by atoms with van der Waals surface area (Å²) in [7, 11) is 1.68. The van der Waals surface area contributed by atoms with Crippen LogP contribution < -0.4 is 15.0 Å². The van der Waals surface area contributed by atoms with E-state index in [1.165, 1.54) is 0 Å². The van der Waals surface area contributed by atoms with Crippen molar-refractivity contribution in [3.63, 3.8) is 0 Å². The third-order valence-electron chi connectivity index (χ3n) is 5.04. The van der Waals surface area contributed by atoms with Crippen molar-refractivity contribution in [3.8, 4) is 5.75 Å². The molecule has 0 bridgehead atoms. The Kier molecular flexibility index (Phi) is 6.58. The zero-order chi connectivity index (χ0) is 19.2. The first-order chi connectivity index (χ1) is 13.1. The van der Waals surface area contributed by atoms with Crippen LogP contribution in [0, 0.1) is 0 Å². The number of piperazine rings is 1. The number of nitrogens with one attached hydrogen (secondary N) is 1. The number of benzene rings is 2. The largest absolute Gasteiger partial charge is 0.497 e. The molecule has 1 aliphatic rings. The lowest BCUT2D eigenvalue weighted by Gasteiger charge is -2.38. The predicted molar refractivity (Wildman–Crippen MR) is 110 cm³/mol. The van der Waals surface area contributed by atoms with Gasteiger partial charge < -0.3 is 15.0 Å². The molecule has 1 fully saturated rings. The Hall–Kier alpha value is -2.24. The van der Waals surface area contributed by atoms with Crippen LogP contribution in [-0.2, 0) is 11.3 Å². The molecule has 27 heavy (non-hydrogen) atoms. The quantitative estimate of drug-likeness (QED) is 0.826. The Balaban J connectivity index is 1.49. The molecule has 1 heterocycles. The van der Waals surface area contributed by atoms with E-state index in [9.17, 15) is 4.79 Å². The maximum absolute atomic E-state index is 12.5. The van der Waals surface area contributed by atoms with E-state index in [1.807, 2.05) is 43.3 Å². The van der Waals surface area contributed by atoms with Crippen LogP contribution in [0.4, 0.5) is 5.69 Å². The molecule has 3 rings (SSSR count). The van der Waals surface area contributed by atoms with Gasteiger partial charge >= 0.3 is 0 Å². The average Bonchev–Trinajstić information content (AvgIpc) is 2.72. The molecular formula is C21H26ClN3O2. The van der Waals surface area contributed by atoms with Gasteiger partial charge in [-0.05, 0) is 36.8 Å². The fourth-order valence-corrected chi connectivity index (χ4v) is 3.41. The zero-order valence-electron chi connectivity index (χ0n) is 15.8. The number of amides is 1. The SMILES string of the molecule is COc1cccc(N2CCN(C(C)C(=O)NCc3ccc(Cl)cc3)CC2)c1. The number of hydrogen-bond donors (Lipinski definition) is 1. The summed E-state index contributed by atoms with van der Waals surface area (Å²) < 4.78 is 5.31. The van der Waals surface area contributed by atoms with Gasteiger partial charge in [0.1, 0.15) is 5.75 Å². The Morgan fingerprint density at radius 3 is 2.52 bits per heavy atom. The van der Waals surface area contributed by atoms with Gasteiger partial charge in [0.15, 0.2) is 0 Å². The number of carbonyl (C=O) groups is 1. The van der Waals surface area contributed by atoms with Crippen molar-refractivity contribution >= 4 is 23.2 Å². The van der Waals surface area contributed by atoms with E-state index in [-0.39, 0.29) is 11.9 Å². The predicted octanol–water partition coefficient (Wildman–Crippen LogP) is 3.18. The standard InChI is InChI=1S/C21H26ClN3O2/c1-16(21(26)23-15-17-6-8-18(22)9-7-17)24-10-12-25(13-11-24)19-4-3-5-20(14-19)27-2/h3-9,14,16H,10-13,15H2,1-2H3,(H,23,26). The Bertz CT molecular complexity index is 758. The highest BCUT2D eigenvalue weighted by molar-refractivity contribution is 6.30. The number of ether oxygens (including phenoxy) is 1. The second kappa shape index (κ2) is 9.11. The lowest BCUT2D eigenvalue weighted by atomic mass is 10.1. The molecule has 0 aliphatic carbocycles. The lowest BCUT2D eigenvalue weighted by molar-refractivity contribution is -0.126. The van der Waals surface area contributed by atoms with E-state index >= 15 is 0 Å². The summed E-state index contributed by atoms with van der Waals surface area (Å²) in [5.74, 6) is 0.921. The van der Waals surface area contributed by atoms with Crippen molar-refractivity contribution in [2.24, 2.45) is 0 Å². The van der Waals surface area contributed by atoms with Crippen molar-refractivity contribution < 1.29 is 9.53 Å². The molecule has 6 heteroatoms. The number of rotatable bonds is 6. The summed E-state index contributed by atoms with van der Waals surface area (Å²) in [4.78, 5) is 17.1. The molecule has 0 radical (unpaired) electrons. The number of hydrogen-bond acceptors (Lipinski definition) is 4. The van der Waals surface area contributed by atoms with Crippen LogP contribution in [0.5, 0.6) is 5.75 Å². The van der Waals surface area contributed by atoms with Crippen molar-refractivity contribution in [1.29, 1.82) is 0 Å². The highest BCUT2D eigenvalue weighted by Gasteiger charge is 2.25. The summed E-state index contributed by atoms with van der Waals surface area (Å²) in [5, 5.41) is 3.72. The molecule has 144 valence electrons. The minimum Gasteiger partial charge on any atom is -0.497 e. The van der Waals surface area contributed by atoms with Crippen LogP contribution in [-0.4, -0.2) is 50.1 Å². The molecule has 5 nitrogen and oxygen atoms in total. The van der Waals surface area contributed by atoms with E-state index < -0.39 is 0 Å². The molecule has 2 aromatic carbocycles. The molecular weight excluding hydrogens is 362 g/mol. The minimum absolute atomic E-state index is 0.0554. The highest BCUT2D eigenvalue weighted by Crippen LogP contribution is 2.22. The Morgan fingerprint density at radius 2 is 1.85 bits per heavy atom. The van der Waals surface area contributed by atoms with Gasteiger partial charge in [-0.3, -0.25) is 9.69 Å². The van der Waals surface area contributed by atoms with Crippen molar-refractivity contribution in [1.82, 2.24) is 10.2 Å². The molecule has 1 saturated heterocycles. The molecule has 0 spiro atoms. The fraction of sp³-hybridized carbons (Fsp3) is 0.381. The summed E-state index contributed by atoms with van der Waals surface area (Å²) >= 11 is 5.89. The Labute approximate surface area is 165 Å². The number of halogens is 1. The van der Waals surface area contributed by atoms with Crippen LogP contribution >= 0.6 is 11.6 Å². The van der Waals surface area contributed by atoms with E-state index in [0.717, 1.165) is 43.2 Å². The summed E-state index contributed by atoms with van der Waals surface area (Å²) in [6.07, 6.45) is 0. The zero-order valence-corrected chi connectivity index (χ0v) is 16.6. The van der Waals surface area contributed by atoms with Crippen LogP contribution in [0.1, 0.15) is 12.5 Å². The number of methoxy groups -OCH3 is 1. The maximum Gasteiger partial charge on any atom is 0.237 e. The average molecular weight is 388 g/mol. The molecule has 0 saturated carbocycles. The first-order valence-corrected chi connectivity index (χ1v) is 9.60. The molecule has 1 unspecified atom stereocenters. The number of anilines is 1. The van der Waals surface area contributed by atoms with E-state index in [0.29, 0.717) is 11.6 Å². The Morgan fingerprint density at radius 1 is 1.15 bits per heavy atom. The second-order valence-corrected chi connectivity index (χ2v) is 7.18. The fourth-order valence-electron chi connectivity index (χ4n) is 3.28. The monoisotopic (exact) mass is 387 g/mol. The van der Waals surface area contributed by atoms with Crippen molar-refractivity contribution in [2.75, 3.05) is 38.2 Å². The molecule has 1 aliphatic heterocycles. The van der Waals surface area contributed by atoms with Gasteiger partial charge in [-0.1, -0.05) is 29.8 Å². The lowest BCUT2D eigenvalue weighted by Crippen LogP contribution is -2.53. The van der Waals surface area contributed by atoms with E-state index in [4.69, 9.17) is 16.3 Å². The smallest absolute Gasteiger partial charge is 0.237 e. The van der Waals surface area contributed by atoms with Gasteiger partial charge in [-0.25, -0.2) is 0 Å². The molecule has 1 N–H and O–H groups in total. The van der Waals surface area contributed by atoms with Gasteiger partial charge in [0.2, 0.25) is 5.91 Å². The topological polar surface area (TPSA) is 44.8 Å². The van der Waals surface area contributed by atoms with Crippen LogP contribution in [0.25, 0.3) is 0 Å². The molecule has 1 atom stereocenters. The molecule has 2 aromatic rings. The van der Waals surface area contributed by atoms with Gasteiger partial charge in [0.05, 0.1) is 13.2 Å². The van der Waals surface area contributed by atoms with Gasteiger partial charge in [0, 0.05) is 49.5 Å². The van der Waals surface area contributed by atoms with Gasteiger partial charge in [0.25, 0.3) is 0 Å². The van der Waals surface area contributed by atoms with E-state index in [1.54, 1.807) is 7.11 Å². The molecule has 0 aromatic heterocycles. The number of nitrogens with zero attached hydrogens (tertiary/aromatic N) is 2. The summed E-state index contributed by atoms with van der Waals surface area (Å²) in [6.45, 7) is 5.98. The normalized spacial score (nSPS) is 16.0. The third-order valence-corrected chi connectivity index (χ3v) is 5.29. The first-order valence-electron chi connectivity index (χ1n) is 9.22. The second-order valence-electron chi connectivity index (χ2n) is 6.74. The maximum atomic E-state index is 12.5. The third kappa shape index (κ3) is 5.15. The van der Waals surface area contributed by atoms with Gasteiger partial charge in [-0.2, -0.15) is 0 Å². The van der Waals surface area contributed by atoms with Crippen LogP contribution in [0.3, 0.4) is 0 Å². The van der Waals surface area contributed by atoms with E-state index in [2.05, 4.69) is 27.2 Å². The highest BCUT2D eigenvalue weighted by atomic mass is 35.5. The summed E-state index contributed by atoms with van der Waals surface area (Å²) in [6, 6.07) is 15.5. The van der Waals surface area contributed by atoms with Crippen LogP contribution in [0.15, 0.2) is 48.5 Å². The number of carbonyl (C=O) groups excluding carboxylic acids is 1. The summed E-state index contributed by atoms with van der Waals surface area (Å²) in [5.41, 5.74) is 2.21. The van der Waals surface area contributed by atoms with Crippen molar-refractivity contribution in [2.45, 2.75) is 19.5 Å². The van der Waals surface area contributed by atoms with Crippen molar-refractivity contribution in [3.05, 3.63) is 59.1 Å². The van der Waals surface area contributed by atoms with Crippen LogP contribution in [0.2, 0.25) is 5.02 Å². The van der Waals surface area contributed by atoms with Gasteiger partial charge in [-0.15, -0.1) is 0 Å². The minimum atomic E-state index is -0.148. The first kappa shape index (κ1) is 19.5. The molecule has 1 amide bonds.